The molecule has 0 aliphatic carbocycles. The van der Waals surface area contributed by atoms with E-state index in [0.29, 0.717) is 25.1 Å². The number of aliphatic carboxylic acids is 1. The molecule has 4 unspecified atom stereocenters. The molecule has 0 aliphatic heterocycles. The van der Waals surface area contributed by atoms with E-state index in [4.69, 9.17) is 17.2 Å². The lowest BCUT2D eigenvalue weighted by molar-refractivity contribution is -0.142. The summed E-state index contributed by atoms with van der Waals surface area (Å²) in [6, 6.07) is -4.90. The van der Waals surface area contributed by atoms with Crippen LogP contribution in [-0.4, -0.2) is 81.1 Å². The summed E-state index contributed by atoms with van der Waals surface area (Å²) in [5.74, 6) is -4.54. The molecule has 0 saturated carbocycles. The smallest absolute Gasteiger partial charge is 0.326 e. The number of hydrogen-bond donors (Lipinski definition) is 9. The van der Waals surface area contributed by atoms with Crippen molar-refractivity contribution in [3.63, 3.8) is 0 Å². The summed E-state index contributed by atoms with van der Waals surface area (Å²) in [6.45, 7) is 0.362. The molecule has 190 valence electrons. The molecule has 0 aliphatic rings. The number of primary amides is 1. The van der Waals surface area contributed by atoms with Gasteiger partial charge in [0, 0.05) is 24.1 Å². The summed E-state index contributed by atoms with van der Waals surface area (Å²) in [7, 11) is 0. The fraction of sp³-hybridized carbons (Fsp3) is 0.579. The molecule has 1 heterocycles. The van der Waals surface area contributed by atoms with Gasteiger partial charge in [-0.1, -0.05) is 0 Å². The molecule has 4 atom stereocenters. The van der Waals surface area contributed by atoms with Gasteiger partial charge in [-0.2, -0.15) is 12.6 Å². The van der Waals surface area contributed by atoms with E-state index in [2.05, 4.69) is 38.5 Å². The molecule has 0 radical (unpaired) electrons. The van der Waals surface area contributed by atoms with Gasteiger partial charge in [0.25, 0.3) is 0 Å². The van der Waals surface area contributed by atoms with E-state index >= 15 is 0 Å². The van der Waals surface area contributed by atoms with Crippen LogP contribution < -0.4 is 33.2 Å². The molecule has 15 heteroatoms. The maximum atomic E-state index is 13.0. The molecule has 1 aromatic rings. The molecule has 1 rings (SSSR count). The van der Waals surface area contributed by atoms with Gasteiger partial charge in [-0.15, -0.1) is 0 Å². The van der Waals surface area contributed by atoms with Gasteiger partial charge in [0.1, 0.15) is 18.1 Å². The van der Waals surface area contributed by atoms with Crippen LogP contribution in [0, 0.1) is 0 Å². The van der Waals surface area contributed by atoms with E-state index in [9.17, 15) is 29.1 Å². The monoisotopic (exact) mass is 500 g/mol. The fourth-order valence-corrected chi connectivity index (χ4v) is 3.06. The lowest BCUT2D eigenvalue weighted by Gasteiger charge is -2.24. The van der Waals surface area contributed by atoms with Crippen LogP contribution in [0.15, 0.2) is 12.5 Å². The zero-order valence-corrected chi connectivity index (χ0v) is 19.4. The van der Waals surface area contributed by atoms with E-state index in [1.165, 1.54) is 12.5 Å². The standard InChI is InChI=1S/C19H32N8O6S/c20-4-2-1-3-12(19(32)33)25-18(31)14(6-15(22)28)27-17(30)13(5-10-7-23-9-24-10)26-16(29)11(21)8-34/h7,9,11-14,34H,1-6,8,20-21H2,(H2,22,28)(H,23,24)(H,25,31)(H,26,29)(H,27,30)(H,32,33). The average molecular weight is 501 g/mol. The highest BCUT2D eigenvalue weighted by Gasteiger charge is 2.31. The number of thiol groups is 1. The van der Waals surface area contributed by atoms with Crippen molar-refractivity contribution < 1.29 is 29.1 Å². The number of amides is 4. The van der Waals surface area contributed by atoms with E-state index in [1.54, 1.807) is 0 Å². The number of unbranched alkanes of at least 4 members (excludes halogenated alkanes) is 1. The predicted octanol–water partition coefficient (Wildman–Crippen LogP) is -3.25. The first-order chi connectivity index (χ1) is 16.1. The summed E-state index contributed by atoms with van der Waals surface area (Å²) in [5, 5.41) is 16.5. The number of aromatic amines is 1. The molecule has 4 amide bonds. The third-order valence-electron chi connectivity index (χ3n) is 4.75. The van der Waals surface area contributed by atoms with E-state index in [0.717, 1.165) is 0 Å². The van der Waals surface area contributed by atoms with Gasteiger partial charge in [-0.25, -0.2) is 9.78 Å². The van der Waals surface area contributed by atoms with Crippen molar-refractivity contribution in [2.24, 2.45) is 17.2 Å². The highest BCUT2D eigenvalue weighted by atomic mass is 32.1. The minimum absolute atomic E-state index is 0.0255. The lowest BCUT2D eigenvalue weighted by Crippen LogP contribution is -2.58. The Bertz CT molecular complexity index is 837. The number of H-pyrrole nitrogens is 1. The van der Waals surface area contributed by atoms with E-state index < -0.39 is 60.2 Å². The highest BCUT2D eigenvalue weighted by molar-refractivity contribution is 7.80. The van der Waals surface area contributed by atoms with Crippen LogP contribution in [0.1, 0.15) is 31.4 Å². The third kappa shape index (κ3) is 10.2. The molecule has 0 spiro atoms. The molecular weight excluding hydrogens is 468 g/mol. The van der Waals surface area contributed by atoms with Gasteiger partial charge in [0.15, 0.2) is 0 Å². The number of carbonyl (C=O) groups is 5. The van der Waals surface area contributed by atoms with E-state index in [1.807, 2.05) is 0 Å². The van der Waals surface area contributed by atoms with Gasteiger partial charge >= 0.3 is 5.97 Å². The van der Waals surface area contributed by atoms with Crippen LogP contribution in [0.25, 0.3) is 0 Å². The normalized spacial score (nSPS) is 14.3. The fourth-order valence-electron chi connectivity index (χ4n) is 2.89. The first-order valence-electron chi connectivity index (χ1n) is 10.5. The van der Waals surface area contributed by atoms with Crippen molar-refractivity contribution >= 4 is 42.2 Å². The minimum atomic E-state index is -1.47. The van der Waals surface area contributed by atoms with E-state index in [-0.39, 0.29) is 18.6 Å². The van der Waals surface area contributed by atoms with Gasteiger partial charge in [0.2, 0.25) is 23.6 Å². The number of nitrogens with zero attached hydrogens (tertiary/aromatic N) is 1. The van der Waals surface area contributed by atoms with Crippen LogP contribution >= 0.6 is 12.6 Å². The van der Waals surface area contributed by atoms with Crippen molar-refractivity contribution in [2.75, 3.05) is 12.3 Å². The van der Waals surface area contributed by atoms with Crippen molar-refractivity contribution in [1.82, 2.24) is 25.9 Å². The number of hydrogen-bond acceptors (Lipinski definition) is 9. The summed E-state index contributed by atoms with van der Waals surface area (Å²) >= 11 is 3.96. The number of rotatable bonds is 16. The third-order valence-corrected chi connectivity index (χ3v) is 5.14. The Morgan fingerprint density at radius 3 is 2.18 bits per heavy atom. The molecular formula is C19H32N8O6S. The second-order valence-corrected chi connectivity index (χ2v) is 7.91. The summed E-state index contributed by atoms with van der Waals surface area (Å²) in [5.41, 5.74) is 16.8. The summed E-state index contributed by atoms with van der Waals surface area (Å²) in [6.07, 6.45) is 3.32. The van der Waals surface area contributed by atoms with Crippen LogP contribution in [0.3, 0.4) is 0 Å². The molecule has 0 aromatic carbocycles. The van der Waals surface area contributed by atoms with Crippen molar-refractivity contribution in [3.8, 4) is 0 Å². The first kappa shape index (κ1) is 28.9. The van der Waals surface area contributed by atoms with Gasteiger partial charge in [-0.3, -0.25) is 19.2 Å². The Kier molecular flexibility index (Phi) is 12.6. The predicted molar refractivity (Wildman–Crippen MR) is 124 cm³/mol. The van der Waals surface area contributed by atoms with Crippen molar-refractivity contribution in [3.05, 3.63) is 18.2 Å². The quantitative estimate of drug-likeness (QED) is 0.0815. The molecule has 0 bridgehead atoms. The number of imidazole rings is 1. The van der Waals surface area contributed by atoms with Gasteiger partial charge in [-0.05, 0) is 25.8 Å². The Labute approximate surface area is 201 Å². The molecule has 34 heavy (non-hydrogen) atoms. The Morgan fingerprint density at radius 1 is 1.03 bits per heavy atom. The largest absolute Gasteiger partial charge is 0.480 e. The highest BCUT2D eigenvalue weighted by Crippen LogP contribution is 2.05. The maximum Gasteiger partial charge on any atom is 0.326 e. The molecule has 0 saturated heterocycles. The minimum Gasteiger partial charge on any atom is -0.480 e. The lowest BCUT2D eigenvalue weighted by atomic mass is 10.1. The summed E-state index contributed by atoms with van der Waals surface area (Å²) in [4.78, 5) is 67.6. The number of aromatic nitrogens is 2. The maximum absolute atomic E-state index is 13.0. The molecule has 0 fully saturated rings. The Morgan fingerprint density at radius 2 is 1.65 bits per heavy atom. The number of carbonyl (C=O) groups excluding carboxylic acids is 4. The number of nitrogens with two attached hydrogens (primary N) is 3. The first-order valence-corrected chi connectivity index (χ1v) is 11.2. The second kappa shape index (κ2) is 14.9. The Balaban J connectivity index is 3.00. The molecule has 11 N–H and O–H groups in total. The van der Waals surface area contributed by atoms with Crippen molar-refractivity contribution in [1.29, 1.82) is 0 Å². The second-order valence-electron chi connectivity index (χ2n) is 7.55. The summed E-state index contributed by atoms with van der Waals surface area (Å²) < 4.78 is 0. The zero-order chi connectivity index (χ0) is 25.7. The van der Waals surface area contributed by atoms with Crippen LogP contribution in [0.4, 0.5) is 0 Å². The average Bonchev–Trinajstić information content (AvgIpc) is 3.29. The van der Waals surface area contributed by atoms with Gasteiger partial charge in [0.05, 0.1) is 18.8 Å². The Hall–Kier alpha value is -3.17. The van der Waals surface area contributed by atoms with Crippen LogP contribution in [-0.2, 0) is 30.4 Å². The number of carboxylic acid groups (broad SMARTS) is 1. The molecule has 14 nitrogen and oxygen atoms in total. The van der Waals surface area contributed by atoms with Crippen molar-refractivity contribution in [2.45, 2.75) is 56.3 Å². The molecule has 1 aromatic heterocycles. The van der Waals surface area contributed by atoms with Gasteiger partial charge < -0.3 is 43.2 Å². The zero-order valence-electron chi connectivity index (χ0n) is 18.5. The SMILES string of the molecule is NCCCCC(NC(=O)C(CC(N)=O)NC(=O)C(Cc1cnc[nH]1)NC(=O)C(N)CS)C(=O)O. The topological polar surface area (TPSA) is 248 Å². The van der Waals surface area contributed by atoms with Crippen LogP contribution in [0.5, 0.6) is 0 Å². The number of carboxylic acids is 1. The number of nitrogens with one attached hydrogen (secondary N) is 4. The van der Waals surface area contributed by atoms with Crippen LogP contribution in [0.2, 0.25) is 0 Å².